The van der Waals surface area contributed by atoms with Gasteiger partial charge in [-0.2, -0.15) is 0 Å². The molecule has 6 heteroatoms. The standard InChI is InChI=1S/C14H12F3NO2/c1-9-8-10(6-7-11(9)18)19-12-4-2-3-5-13(12)20-14(15,16)17/h2-8H,18H2,1H3. The van der Waals surface area contributed by atoms with E-state index in [0.717, 1.165) is 5.56 Å². The molecule has 0 radical (unpaired) electrons. The van der Waals surface area contributed by atoms with Crippen LogP contribution in [0.2, 0.25) is 0 Å². The van der Waals surface area contributed by atoms with Crippen LogP contribution in [0, 0.1) is 6.92 Å². The second-order valence-electron chi connectivity index (χ2n) is 4.11. The Kier molecular flexibility index (Phi) is 3.74. The number of nitrogens with two attached hydrogens (primary N) is 1. The fourth-order valence-electron chi connectivity index (χ4n) is 1.58. The molecule has 0 unspecified atom stereocenters. The minimum absolute atomic E-state index is 0.0194. The molecule has 0 amide bonds. The Hall–Kier alpha value is -2.37. The first-order valence-electron chi connectivity index (χ1n) is 5.74. The Morgan fingerprint density at radius 2 is 1.65 bits per heavy atom. The first kappa shape index (κ1) is 14.0. The van der Waals surface area contributed by atoms with Crippen molar-refractivity contribution < 1.29 is 22.6 Å². The van der Waals surface area contributed by atoms with Crippen molar-refractivity contribution in [3.63, 3.8) is 0 Å². The number of nitrogen functional groups attached to an aromatic ring is 1. The number of para-hydroxylation sites is 2. The molecular formula is C14H12F3NO2. The number of aryl methyl sites for hydroxylation is 1. The number of ether oxygens (including phenoxy) is 2. The molecule has 2 N–H and O–H groups in total. The number of rotatable bonds is 3. The van der Waals surface area contributed by atoms with Gasteiger partial charge in [0, 0.05) is 5.69 Å². The summed E-state index contributed by atoms with van der Waals surface area (Å²) in [5.41, 5.74) is 7.02. The van der Waals surface area contributed by atoms with Gasteiger partial charge in [-0.05, 0) is 42.8 Å². The molecule has 0 heterocycles. The van der Waals surface area contributed by atoms with E-state index in [1.165, 1.54) is 18.2 Å². The van der Waals surface area contributed by atoms with E-state index in [1.807, 2.05) is 0 Å². The van der Waals surface area contributed by atoms with Crippen molar-refractivity contribution in [3.05, 3.63) is 48.0 Å². The van der Waals surface area contributed by atoms with Crippen LogP contribution in [-0.4, -0.2) is 6.36 Å². The summed E-state index contributed by atoms with van der Waals surface area (Å²) in [5.74, 6) is -0.0293. The molecule has 3 nitrogen and oxygen atoms in total. The first-order chi connectivity index (χ1) is 9.35. The van der Waals surface area contributed by atoms with Crippen molar-refractivity contribution in [1.82, 2.24) is 0 Å². The van der Waals surface area contributed by atoms with Crippen LogP contribution in [0.4, 0.5) is 18.9 Å². The minimum atomic E-state index is -4.77. The van der Waals surface area contributed by atoms with E-state index in [0.29, 0.717) is 11.4 Å². The third kappa shape index (κ3) is 3.57. The zero-order chi connectivity index (χ0) is 14.8. The van der Waals surface area contributed by atoms with Gasteiger partial charge < -0.3 is 15.2 Å². The van der Waals surface area contributed by atoms with Gasteiger partial charge in [0.15, 0.2) is 11.5 Å². The van der Waals surface area contributed by atoms with E-state index in [2.05, 4.69) is 4.74 Å². The summed E-state index contributed by atoms with van der Waals surface area (Å²) in [4.78, 5) is 0. The van der Waals surface area contributed by atoms with E-state index < -0.39 is 12.1 Å². The second-order valence-corrected chi connectivity index (χ2v) is 4.11. The Morgan fingerprint density at radius 3 is 2.25 bits per heavy atom. The Balaban J connectivity index is 2.27. The maximum Gasteiger partial charge on any atom is 0.573 e. The lowest BCUT2D eigenvalue weighted by atomic mass is 10.2. The summed E-state index contributed by atoms with van der Waals surface area (Å²) in [5, 5.41) is 0. The Morgan fingerprint density at radius 1 is 1.00 bits per heavy atom. The Labute approximate surface area is 113 Å². The highest BCUT2D eigenvalue weighted by atomic mass is 19.4. The quantitative estimate of drug-likeness (QED) is 0.856. The van der Waals surface area contributed by atoms with Crippen molar-refractivity contribution in [2.75, 3.05) is 5.73 Å². The van der Waals surface area contributed by atoms with Gasteiger partial charge in [0.05, 0.1) is 0 Å². The van der Waals surface area contributed by atoms with Crippen molar-refractivity contribution in [3.8, 4) is 17.2 Å². The van der Waals surface area contributed by atoms with Crippen LogP contribution in [0.1, 0.15) is 5.56 Å². The molecule has 0 saturated heterocycles. The topological polar surface area (TPSA) is 44.5 Å². The summed E-state index contributed by atoms with van der Waals surface area (Å²) in [7, 11) is 0. The van der Waals surface area contributed by atoms with Gasteiger partial charge in [0.1, 0.15) is 5.75 Å². The summed E-state index contributed by atoms with van der Waals surface area (Å²) in [6.45, 7) is 1.78. The van der Waals surface area contributed by atoms with Crippen molar-refractivity contribution in [2.24, 2.45) is 0 Å². The van der Waals surface area contributed by atoms with Gasteiger partial charge in [-0.1, -0.05) is 12.1 Å². The SMILES string of the molecule is Cc1cc(Oc2ccccc2OC(F)(F)F)ccc1N. The summed E-state index contributed by atoms with van der Waals surface area (Å²) >= 11 is 0. The lowest BCUT2D eigenvalue weighted by molar-refractivity contribution is -0.275. The Bertz CT molecular complexity index is 612. The van der Waals surface area contributed by atoms with Crippen LogP contribution in [0.15, 0.2) is 42.5 Å². The van der Waals surface area contributed by atoms with E-state index in [-0.39, 0.29) is 5.75 Å². The first-order valence-corrected chi connectivity index (χ1v) is 5.74. The maximum atomic E-state index is 12.3. The third-order valence-electron chi connectivity index (χ3n) is 2.54. The molecule has 0 aliphatic rings. The number of alkyl halides is 3. The molecule has 0 bridgehead atoms. The van der Waals surface area contributed by atoms with E-state index in [9.17, 15) is 13.2 Å². The van der Waals surface area contributed by atoms with Crippen LogP contribution < -0.4 is 15.2 Å². The number of halogens is 3. The molecule has 106 valence electrons. The molecule has 2 aromatic rings. The molecular weight excluding hydrogens is 271 g/mol. The monoisotopic (exact) mass is 283 g/mol. The molecule has 2 rings (SSSR count). The molecule has 0 aromatic heterocycles. The predicted molar refractivity (Wildman–Crippen MR) is 68.8 cm³/mol. The molecule has 0 aliphatic heterocycles. The molecule has 0 aliphatic carbocycles. The highest BCUT2D eigenvalue weighted by Gasteiger charge is 2.32. The van der Waals surface area contributed by atoms with Crippen LogP contribution in [0.25, 0.3) is 0 Å². The summed E-state index contributed by atoms with van der Waals surface area (Å²) < 4.78 is 46.2. The third-order valence-corrected chi connectivity index (χ3v) is 2.54. The highest BCUT2D eigenvalue weighted by Crippen LogP contribution is 2.35. The average molecular weight is 283 g/mol. The molecule has 0 atom stereocenters. The second kappa shape index (κ2) is 5.32. The van der Waals surface area contributed by atoms with E-state index >= 15 is 0 Å². The van der Waals surface area contributed by atoms with Crippen LogP contribution in [0.3, 0.4) is 0 Å². The molecule has 20 heavy (non-hydrogen) atoms. The van der Waals surface area contributed by atoms with Gasteiger partial charge in [0.25, 0.3) is 0 Å². The van der Waals surface area contributed by atoms with Crippen molar-refractivity contribution >= 4 is 5.69 Å². The van der Waals surface area contributed by atoms with Gasteiger partial charge in [-0.15, -0.1) is 13.2 Å². The number of hydrogen-bond acceptors (Lipinski definition) is 3. The number of benzene rings is 2. The van der Waals surface area contributed by atoms with Gasteiger partial charge in [-0.25, -0.2) is 0 Å². The fourth-order valence-corrected chi connectivity index (χ4v) is 1.58. The largest absolute Gasteiger partial charge is 0.573 e. The summed E-state index contributed by atoms with van der Waals surface area (Å²) in [6.07, 6.45) is -4.77. The lowest BCUT2D eigenvalue weighted by Crippen LogP contribution is -2.17. The van der Waals surface area contributed by atoms with E-state index in [1.54, 1.807) is 31.2 Å². The minimum Gasteiger partial charge on any atom is -0.453 e. The van der Waals surface area contributed by atoms with Crippen molar-refractivity contribution in [1.29, 1.82) is 0 Å². The molecule has 2 aromatic carbocycles. The van der Waals surface area contributed by atoms with E-state index in [4.69, 9.17) is 10.5 Å². The molecule has 0 fully saturated rings. The molecule has 0 saturated carbocycles. The van der Waals surface area contributed by atoms with Gasteiger partial charge in [0.2, 0.25) is 0 Å². The average Bonchev–Trinajstić information content (AvgIpc) is 2.34. The molecule has 0 spiro atoms. The van der Waals surface area contributed by atoms with Crippen molar-refractivity contribution in [2.45, 2.75) is 13.3 Å². The zero-order valence-electron chi connectivity index (χ0n) is 10.6. The van der Waals surface area contributed by atoms with Crippen LogP contribution in [-0.2, 0) is 0 Å². The van der Waals surface area contributed by atoms with Gasteiger partial charge >= 0.3 is 6.36 Å². The summed E-state index contributed by atoms with van der Waals surface area (Å²) in [6, 6.07) is 10.4. The lowest BCUT2D eigenvalue weighted by Gasteiger charge is -2.14. The number of anilines is 1. The predicted octanol–water partition coefficient (Wildman–Crippen LogP) is 4.27. The van der Waals surface area contributed by atoms with Crippen LogP contribution in [0.5, 0.6) is 17.2 Å². The number of hydrogen-bond donors (Lipinski definition) is 1. The normalized spacial score (nSPS) is 11.2. The fraction of sp³-hybridized carbons (Fsp3) is 0.143. The maximum absolute atomic E-state index is 12.3. The van der Waals surface area contributed by atoms with Crippen LogP contribution >= 0.6 is 0 Å². The van der Waals surface area contributed by atoms with Gasteiger partial charge in [-0.3, -0.25) is 0 Å². The highest BCUT2D eigenvalue weighted by molar-refractivity contribution is 5.51. The zero-order valence-corrected chi connectivity index (χ0v) is 10.6. The smallest absolute Gasteiger partial charge is 0.453 e.